The Hall–Kier alpha value is -3.07. The van der Waals surface area contributed by atoms with Gasteiger partial charge >= 0.3 is 0 Å². The van der Waals surface area contributed by atoms with E-state index >= 15 is 0 Å². The van der Waals surface area contributed by atoms with E-state index in [9.17, 15) is 13.2 Å². The van der Waals surface area contributed by atoms with Gasteiger partial charge in [-0.15, -0.1) is 0 Å². The number of amides is 1. The molecular weight excluding hydrogens is 463 g/mol. The monoisotopic (exact) mass is 480 g/mol. The molecule has 0 saturated heterocycles. The van der Waals surface area contributed by atoms with Crippen LogP contribution < -0.4 is 10.0 Å². The molecule has 0 unspecified atom stereocenters. The van der Waals surface area contributed by atoms with Crippen LogP contribution in [0.3, 0.4) is 0 Å². The van der Waals surface area contributed by atoms with E-state index in [2.05, 4.69) is 10.0 Å². The molecule has 0 aromatic heterocycles. The van der Waals surface area contributed by atoms with Crippen LogP contribution in [0.15, 0.2) is 77.7 Å². The number of nitrogens with one attached hydrogen (secondary N) is 2. The molecule has 162 valence electrons. The third kappa shape index (κ3) is 7.29. The van der Waals surface area contributed by atoms with Crippen LogP contribution in [0.5, 0.6) is 0 Å². The minimum atomic E-state index is -4.01. The average molecular weight is 481 g/mol. The highest BCUT2D eigenvalue weighted by Gasteiger charge is 2.23. The predicted molar refractivity (Wildman–Crippen MR) is 121 cm³/mol. The minimum absolute atomic E-state index is 0.00152. The second-order valence-electron chi connectivity index (χ2n) is 6.07. The molecule has 0 fully saturated rings. The normalized spacial score (nSPS) is 10.4. The third-order valence-corrected chi connectivity index (χ3v) is 5.77. The Bertz CT molecular complexity index is 1170. The van der Waals surface area contributed by atoms with Crippen molar-refractivity contribution >= 4 is 56.5 Å². The Kier molecular flexibility index (Phi) is 8.44. The molecule has 3 rings (SSSR count). The summed E-state index contributed by atoms with van der Waals surface area (Å²) in [5, 5.41) is 10.0. The number of sulfonamides is 1. The smallest absolute Gasteiger partial charge is 0.300 e. The van der Waals surface area contributed by atoms with Crippen molar-refractivity contribution in [2.75, 3.05) is 10.0 Å². The number of benzene rings is 3. The van der Waals surface area contributed by atoms with Crippen LogP contribution in [0.1, 0.15) is 17.3 Å². The summed E-state index contributed by atoms with van der Waals surface area (Å²) in [6, 6.07) is 19.5. The number of rotatable bonds is 5. The Morgan fingerprint density at radius 3 is 1.84 bits per heavy atom. The number of carbonyl (C=O) groups is 2. The van der Waals surface area contributed by atoms with Crippen molar-refractivity contribution in [2.24, 2.45) is 0 Å². The fraction of sp³-hybridized carbons (Fsp3) is 0.0476. The molecule has 0 aliphatic rings. The highest BCUT2D eigenvalue weighted by atomic mass is 35.5. The fourth-order valence-electron chi connectivity index (χ4n) is 2.35. The van der Waals surface area contributed by atoms with E-state index in [4.69, 9.17) is 33.1 Å². The number of carboxylic acids is 1. The first-order valence-electron chi connectivity index (χ1n) is 8.73. The number of hydrogen-bond acceptors (Lipinski definition) is 4. The maximum Gasteiger partial charge on any atom is 0.300 e. The average Bonchev–Trinajstić information content (AvgIpc) is 2.68. The van der Waals surface area contributed by atoms with Crippen molar-refractivity contribution in [3.05, 3.63) is 88.4 Å². The number of halogens is 2. The summed E-state index contributed by atoms with van der Waals surface area (Å²) < 4.78 is 27.8. The van der Waals surface area contributed by atoms with Gasteiger partial charge in [0.15, 0.2) is 0 Å². The predicted octanol–water partition coefficient (Wildman–Crippen LogP) is 5.14. The lowest BCUT2D eigenvalue weighted by Crippen LogP contribution is -2.17. The Morgan fingerprint density at radius 1 is 0.839 bits per heavy atom. The maximum atomic E-state index is 12.7. The van der Waals surface area contributed by atoms with Gasteiger partial charge in [0.1, 0.15) is 4.90 Å². The Labute approximate surface area is 189 Å². The molecular formula is C21H18Cl2N2O5S. The maximum absolute atomic E-state index is 12.7. The van der Waals surface area contributed by atoms with E-state index < -0.39 is 21.9 Å². The number of anilines is 2. The molecule has 0 aliphatic heterocycles. The van der Waals surface area contributed by atoms with Gasteiger partial charge in [0.2, 0.25) is 0 Å². The van der Waals surface area contributed by atoms with Crippen LogP contribution in [0.4, 0.5) is 11.4 Å². The van der Waals surface area contributed by atoms with E-state index in [1.165, 1.54) is 6.07 Å². The van der Waals surface area contributed by atoms with E-state index in [0.717, 1.165) is 13.0 Å². The molecule has 31 heavy (non-hydrogen) atoms. The van der Waals surface area contributed by atoms with Gasteiger partial charge in [-0.05, 0) is 36.4 Å². The van der Waals surface area contributed by atoms with Crippen LogP contribution in [0, 0.1) is 0 Å². The largest absolute Gasteiger partial charge is 0.481 e. The molecule has 7 nitrogen and oxygen atoms in total. The van der Waals surface area contributed by atoms with Crippen molar-refractivity contribution in [3.8, 4) is 0 Å². The topological polar surface area (TPSA) is 113 Å². The van der Waals surface area contributed by atoms with Gasteiger partial charge in [-0.1, -0.05) is 59.6 Å². The zero-order chi connectivity index (χ0) is 23.0. The summed E-state index contributed by atoms with van der Waals surface area (Å²) in [5.41, 5.74) is 0.928. The van der Waals surface area contributed by atoms with E-state index in [0.29, 0.717) is 11.4 Å². The number of carbonyl (C=O) groups excluding carboxylic acids is 1. The van der Waals surface area contributed by atoms with Gasteiger partial charge in [-0.3, -0.25) is 14.3 Å². The van der Waals surface area contributed by atoms with Gasteiger partial charge in [0, 0.05) is 18.3 Å². The lowest BCUT2D eigenvalue weighted by atomic mass is 10.2. The number of carboxylic acid groups (broad SMARTS) is 1. The highest BCUT2D eigenvalue weighted by molar-refractivity contribution is 7.92. The lowest BCUT2D eigenvalue weighted by molar-refractivity contribution is -0.134. The first-order chi connectivity index (χ1) is 14.6. The molecule has 0 radical (unpaired) electrons. The van der Waals surface area contributed by atoms with Crippen LogP contribution in [-0.4, -0.2) is 25.4 Å². The molecule has 10 heteroatoms. The Morgan fingerprint density at radius 2 is 1.32 bits per heavy atom. The quantitative estimate of drug-likeness (QED) is 0.467. The van der Waals surface area contributed by atoms with E-state index in [-0.39, 0.29) is 20.5 Å². The van der Waals surface area contributed by atoms with Crippen LogP contribution in [0.2, 0.25) is 10.0 Å². The molecule has 3 N–H and O–H groups in total. The summed E-state index contributed by atoms with van der Waals surface area (Å²) in [7, 11) is -4.01. The van der Waals surface area contributed by atoms with Crippen LogP contribution >= 0.6 is 23.2 Å². The summed E-state index contributed by atoms with van der Waals surface area (Å²) in [6.45, 7) is 1.08. The lowest BCUT2D eigenvalue weighted by Gasteiger charge is -2.13. The molecule has 0 heterocycles. The highest BCUT2D eigenvalue weighted by Crippen LogP contribution is 2.30. The second kappa shape index (κ2) is 10.8. The van der Waals surface area contributed by atoms with Crippen LogP contribution in [-0.2, 0) is 14.8 Å². The molecule has 0 atom stereocenters. The van der Waals surface area contributed by atoms with E-state index in [1.807, 2.05) is 6.07 Å². The van der Waals surface area contributed by atoms with Crippen molar-refractivity contribution < 1.29 is 23.1 Å². The van der Waals surface area contributed by atoms with Gasteiger partial charge in [-0.2, -0.15) is 0 Å². The van der Waals surface area contributed by atoms with Gasteiger partial charge < -0.3 is 10.4 Å². The molecule has 3 aromatic carbocycles. The van der Waals surface area contributed by atoms with Gasteiger partial charge in [-0.25, -0.2) is 8.42 Å². The summed E-state index contributed by atoms with van der Waals surface area (Å²) in [5.74, 6) is -1.38. The Balaban J connectivity index is 0.000000785. The number of para-hydroxylation sites is 2. The molecule has 1 amide bonds. The zero-order valence-electron chi connectivity index (χ0n) is 16.2. The third-order valence-electron chi connectivity index (χ3n) is 3.61. The van der Waals surface area contributed by atoms with Crippen molar-refractivity contribution in [1.29, 1.82) is 0 Å². The van der Waals surface area contributed by atoms with Crippen molar-refractivity contribution in [1.82, 2.24) is 0 Å². The van der Waals surface area contributed by atoms with E-state index in [1.54, 1.807) is 54.6 Å². The van der Waals surface area contributed by atoms with Gasteiger partial charge in [0.25, 0.3) is 21.9 Å². The SMILES string of the molecule is CC(=O)O.O=C(Nc1ccccc1)c1cc(S(=O)(=O)Nc2ccccc2)c(Cl)cc1Cl. The first kappa shape index (κ1) is 24.2. The minimum Gasteiger partial charge on any atom is -0.481 e. The van der Waals surface area contributed by atoms with Crippen molar-refractivity contribution in [2.45, 2.75) is 11.8 Å². The molecule has 0 spiro atoms. The first-order valence-corrected chi connectivity index (χ1v) is 11.0. The van der Waals surface area contributed by atoms with Gasteiger partial charge in [0.05, 0.1) is 15.6 Å². The zero-order valence-corrected chi connectivity index (χ0v) is 18.5. The molecule has 0 aliphatic carbocycles. The molecule has 0 bridgehead atoms. The van der Waals surface area contributed by atoms with Crippen LogP contribution in [0.25, 0.3) is 0 Å². The summed E-state index contributed by atoms with van der Waals surface area (Å²) >= 11 is 12.2. The standard InChI is InChI=1S/C19H14Cl2N2O3S.C2H4O2/c20-16-12-17(21)18(27(25,26)23-14-9-5-2-6-10-14)11-15(16)19(24)22-13-7-3-1-4-8-13;1-2(3)4/h1-12,23H,(H,22,24);1H3,(H,3,4). The molecule has 0 saturated carbocycles. The second-order valence-corrected chi connectivity index (χ2v) is 8.54. The van der Waals surface area contributed by atoms with Crippen molar-refractivity contribution in [3.63, 3.8) is 0 Å². The molecule has 3 aromatic rings. The summed E-state index contributed by atoms with van der Waals surface area (Å²) in [4.78, 5) is 21.3. The number of hydrogen-bond donors (Lipinski definition) is 3. The number of aliphatic carboxylic acids is 1. The fourth-order valence-corrected chi connectivity index (χ4v) is 4.26. The summed E-state index contributed by atoms with van der Waals surface area (Å²) in [6.07, 6.45) is 0.